The predicted octanol–water partition coefficient (Wildman–Crippen LogP) is 1.03. The maximum absolute atomic E-state index is 12.2. The van der Waals surface area contributed by atoms with Crippen molar-refractivity contribution in [1.82, 2.24) is 15.3 Å². The van der Waals surface area contributed by atoms with Crippen molar-refractivity contribution in [3.8, 4) is 0 Å². The molecule has 0 bridgehead atoms. The average molecular weight is 258 g/mol. The van der Waals surface area contributed by atoms with Gasteiger partial charge in [0.2, 0.25) is 5.95 Å². The van der Waals surface area contributed by atoms with E-state index in [1.54, 1.807) is 0 Å². The van der Waals surface area contributed by atoms with Crippen molar-refractivity contribution in [1.29, 1.82) is 0 Å². The Bertz CT molecular complexity index is 641. The molecule has 0 unspecified atom stereocenters. The Hall–Kier alpha value is -1.88. The van der Waals surface area contributed by atoms with Gasteiger partial charge in [-0.05, 0) is 31.5 Å². The van der Waals surface area contributed by atoms with Gasteiger partial charge in [0.05, 0.1) is 10.9 Å². The largest absolute Gasteiger partial charge is 0.341 e. The summed E-state index contributed by atoms with van der Waals surface area (Å²) in [6, 6.07) is 5.78. The van der Waals surface area contributed by atoms with Crippen LogP contribution >= 0.6 is 0 Å². The Morgan fingerprint density at radius 2 is 2.16 bits per heavy atom. The molecule has 1 aromatic heterocycles. The topological polar surface area (TPSA) is 61.0 Å². The van der Waals surface area contributed by atoms with E-state index in [0.717, 1.165) is 43.7 Å². The van der Waals surface area contributed by atoms with Crippen molar-refractivity contribution < 1.29 is 0 Å². The smallest absolute Gasteiger partial charge is 0.260 e. The van der Waals surface area contributed by atoms with E-state index >= 15 is 0 Å². The van der Waals surface area contributed by atoms with Crippen LogP contribution in [0.1, 0.15) is 12.0 Å². The first-order valence-electron chi connectivity index (χ1n) is 6.71. The van der Waals surface area contributed by atoms with Gasteiger partial charge in [-0.25, -0.2) is 4.98 Å². The number of H-pyrrole nitrogens is 1. The van der Waals surface area contributed by atoms with Crippen molar-refractivity contribution in [2.24, 2.45) is 0 Å². The highest BCUT2D eigenvalue weighted by Gasteiger charge is 2.13. The van der Waals surface area contributed by atoms with Gasteiger partial charge in [-0.1, -0.05) is 12.1 Å². The highest BCUT2D eigenvalue weighted by atomic mass is 16.1. The van der Waals surface area contributed by atoms with Gasteiger partial charge in [0.1, 0.15) is 0 Å². The van der Waals surface area contributed by atoms with Crippen LogP contribution in [-0.2, 0) is 0 Å². The molecule has 0 radical (unpaired) electrons. The molecule has 0 saturated carbocycles. The third kappa shape index (κ3) is 2.33. The molecule has 0 amide bonds. The molecule has 2 N–H and O–H groups in total. The summed E-state index contributed by atoms with van der Waals surface area (Å²) in [5.74, 6) is 0.687. The van der Waals surface area contributed by atoms with E-state index in [9.17, 15) is 4.79 Å². The van der Waals surface area contributed by atoms with Gasteiger partial charge in [0, 0.05) is 19.6 Å². The molecule has 1 aliphatic heterocycles. The van der Waals surface area contributed by atoms with Crippen LogP contribution in [0, 0.1) is 6.92 Å². The first-order valence-corrected chi connectivity index (χ1v) is 6.71. The molecule has 100 valence electrons. The zero-order valence-electron chi connectivity index (χ0n) is 11.1. The zero-order valence-corrected chi connectivity index (χ0v) is 11.1. The van der Waals surface area contributed by atoms with Gasteiger partial charge in [0.15, 0.2) is 0 Å². The number of aryl methyl sites for hydroxylation is 1. The molecule has 2 heterocycles. The number of nitrogens with zero attached hydrogens (tertiary/aromatic N) is 2. The van der Waals surface area contributed by atoms with Crippen LogP contribution in [0.5, 0.6) is 0 Å². The first-order chi connectivity index (χ1) is 9.25. The van der Waals surface area contributed by atoms with Gasteiger partial charge in [-0.3, -0.25) is 9.78 Å². The summed E-state index contributed by atoms with van der Waals surface area (Å²) in [4.78, 5) is 21.9. The number of hydrogen-bond acceptors (Lipinski definition) is 4. The lowest BCUT2D eigenvalue weighted by atomic mass is 10.1. The van der Waals surface area contributed by atoms with Crippen LogP contribution < -0.4 is 15.8 Å². The van der Waals surface area contributed by atoms with E-state index in [0.29, 0.717) is 11.3 Å². The van der Waals surface area contributed by atoms with Crippen molar-refractivity contribution in [3.05, 3.63) is 34.1 Å². The second kappa shape index (κ2) is 5.01. The van der Waals surface area contributed by atoms with Gasteiger partial charge >= 0.3 is 0 Å². The van der Waals surface area contributed by atoms with E-state index < -0.39 is 0 Å². The zero-order chi connectivity index (χ0) is 13.2. The summed E-state index contributed by atoms with van der Waals surface area (Å²) in [6.45, 7) is 5.69. The molecule has 1 aromatic carbocycles. The maximum Gasteiger partial charge on any atom is 0.260 e. The first kappa shape index (κ1) is 12.2. The van der Waals surface area contributed by atoms with Gasteiger partial charge in [0.25, 0.3) is 5.56 Å². The maximum atomic E-state index is 12.2. The Balaban J connectivity index is 2.08. The second-order valence-corrected chi connectivity index (χ2v) is 4.95. The second-order valence-electron chi connectivity index (χ2n) is 4.95. The minimum absolute atomic E-state index is 0.0460. The highest BCUT2D eigenvalue weighted by Crippen LogP contribution is 2.15. The van der Waals surface area contributed by atoms with Crippen LogP contribution in [0.25, 0.3) is 10.9 Å². The minimum atomic E-state index is -0.0460. The standard InChI is InChI=1S/C14H18N4O/c1-10-4-2-5-11-12(10)13(19)17-14(16-11)18-8-3-6-15-7-9-18/h2,4-5,15H,3,6-9H2,1H3,(H,16,17,19). The molecule has 0 atom stereocenters. The van der Waals surface area contributed by atoms with Crippen LogP contribution in [0.2, 0.25) is 0 Å². The van der Waals surface area contributed by atoms with Crippen LogP contribution in [0.15, 0.2) is 23.0 Å². The van der Waals surface area contributed by atoms with Crippen LogP contribution in [-0.4, -0.2) is 36.1 Å². The van der Waals surface area contributed by atoms with Crippen LogP contribution in [0.4, 0.5) is 5.95 Å². The minimum Gasteiger partial charge on any atom is -0.341 e. The normalized spacial score (nSPS) is 16.6. The molecular weight excluding hydrogens is 240 g/mol. The lowest BCUT2D eigenvalue weighted by Gasteiger charge is -2.20. The molecule has 19 heavy (non-hydrogen) atoms. The third-order valence-electron chi connectivity index (χ3n) is 3.57. The summed E-state index contributed by atoms with van der Waals surface area (Å²) in [7, 11) is 0. The van der Waals surface area contributed by atoms with Crippen molar-refractivity contribution >= 4 is 16.9 Å². The molecule has 3 rings (SSSR count). The van der Waals surface area contributed by atoms with Crippen molar-refractivity contribution in [2.45, 2.75) is 13.3 Å². The molecule has 0 spiro atoms. The summed E-state index contributed by atoms with van der Waals surface area (Å²) in [5.41, 5.74) is 1.70. The summed E-state index contributed by atoms with van der Waals surface area (Å²) >= 11 is 0. The fourth-order valence-corrected chi connectivity index (χ4v) is 2.55. The predicted molar refractivity (Wildman–Crippen MR) is 76.8 cm³/mol. The highest BCUT2D eigenvalue weighted by molar-refractivity contribution is 5.81. The molecule has 5 nitrogen and oxygen atoms in total. The molecular formula is C14H18N4O. The van der Waals surface area contributed by atoms with Crippen LogP contribution in [0.3, 0.4) is 0 Å². The van der Waals surface area contributed by atoms with Crippen molar-refractivity contribution in [2.75, 3.05) is 31.1 Å². The van der Waals surface area contributed by atoms with Crippen molar-refractivity contribution in [3.63, 3.8) is 0 Å². The van der Waals surface area contributed by atoms with Gasteiger partial charge < -0.3 is 10.2 Å². The lowest BCUT2D eigenvalue weighted by Crippen LogP contribution is -2.31. The van der Waals surface area contributed by atoms with E-state index in [1.807, 2.05) is 25.1 Å². The SMILES string of the molecule is Cc1cccc2nc(N3CCCNCC3)[nH]c(=O)c12. The number of anilines is 1. The number of hydrogen-bond donors (Lipinski definition) is 2. The number of aromatic amines is 1. The van der Waals surface area contributed by atoms with E-state index in [4.69, 9.17) is 0 Å². The molecule has 1 fully saturated rings. The quantitative estimate of drug-likeness (QED) is 0.802. The number of fused-ring (bicyclic) bond motifs is 1. The summed E-state index contributed by atoms with van der Waals surface area (Å²) in [5, 5.41) is 4.04. The number of rotatable bonds is 1. The van der Waals surface area contributed by atoms with E-state index in [1.165, 1.54) is 0 Å². The Kier molecular flexibility index (Phi) is 3.21. The van der Waals surface area contributed by atoms with E-state index in [-0.39, 0.29) is 5.56 Å². The Morgan fingerprint density at radius 3 is 3.05 bits per heavy atom. The molecule has 0 aliphatic carbocycles. The van der Waals surface area contributed by atoms with E-state index in [2.05, 4.69) is 20.2 Å². The number of nitrogens with one attached hydrogen (secondary N) is 2. The number of benzene rings is 1. The molecule has 5 heteroatoms. The lowest BCUT2D eigenvalue weighted by molar-refractivity contribution is 0.724. The summed E-state index contributed by atoms with van der Waals surface area (Å²) < 4.78 is 0. The molecule has 1 aliphatic rings. The number of aromatic nitrogens is 2. The fraction of sp³-hybridized carbons (Fsp3) is 0.429. The molecule has 2 aromatic rings. The summed E-state index contributed by atoms with van der Waals surface area (Å²) in [6.07, 6.45) is 1.07. The average Bonchev–Trinajstić information content (AvgIpc) is 2.67. The van der Waals surface area contributed by atoms with Gasteiger partial charge in [-0.15, -0.1) is 0 Å². The van der Waals surface area contributed by atoms with Gasteiger partial charge in [-0.2, -0.15) is 0 Å². The monoisotopic (exact) mass is 258 g/mol. The molecule has 1 saturated heterocycles. The Morgan fingerprint density at radius 1 is 1.26 bits per heavy atom. The fourth-order valence-electron chi connectivity index (χ4n) is 2.55. The third-order valence-corrected chi connectivity index (χ3v) is 3.57. The Labute approximate surface area is 111 Å².